The molecule has 10 heteroatoms. The van der Waals surface area contributed by atoms with Crippen molar-refractivity contribution in [1.82, 2.24) is 10.2 Å². The molecule has 286 valence electrons. The van der Waals surface area contributed by atoms with E-state index in [4.69, 9.17) is 4.74 Å². The molecule has 3 aliphatic rings. The van der Waals surface area contributed by atoms with E-state index in [-0.39, 0.29) is 42.1 Å². The van der Waals surface area contributed by atoms with Crippen LogP contribution in [0.4, 0.5) is 18.0 Å². The van der Waals surface area contributed by atoms with Gasteiger partial charge in [0.05, 0.1) is 29.9 Å². The number of benzene rings is 3. The highest BCUT2D eigenvalue weighted by Crippen LogP contribution is 2.59. The Morgan fingerprint density at radius 1 is 1.04 bits per heavy atom. The van der Waals surface area contributed by atoms with Crippen molar-refractivity contribution in [2.45, 2.75) is 102 Å². The number of ether oxygens (including phenoxy) is 1. The number of aliphatic hydroxyl groups excluding tert-OH is 1. The van der Waals surface area contributed by atoms with Crippen LogP contribution in [-0.4, -0.2) is 65.4 Å². The summed E-state index contributed by atoms with van der Waals surface area (Å²) >= 11 is 0. The van der Waals surface area contributed by atoms with Crippen LogP contribution in [0.3, 0.4) is 0 Å². The number of alkyl halides is 3. The molecule has 1 fully saturated rings. The van der Waals surface area contributed by atoms with Gasteiger partial charge in [0.2, 0.25) is 0 Å². The fraction of sp³-hybridized carbons (Fsp3) is 0.488. The molecule has 7 nitrogen and oxygen atoms in total. The van der Waals surface area contributed by atoms with Crippen molar-refractivity contribution in [3.63, 3.8) is 0 Å². The Hall–Kier alpha value is -3.99. The van der Waals surface area contributed by atoms with Crippen LogP contribution < -0.4 is 5.32 Å². The summed E-state index contributed by atoms with van der Waals surface area (Å²) in [7, 11) is 1.60. The molecule has 0 saturated heterocycles. The maximum Gasteiger partial charge on any atom is 0.416 e. The summed E-state index contributed by atoms with van der Waals surface area (Å²) in [5, 5.41) is 26.9. The minimum atomic E-state index is -4.62. The molecular weight excluding hydrogens is 681 g/mol. The minimum absolute atomic E-state index is 0.0426. The number of ketones is 1. The van der Waals surface area contributed by atoms with Crippen molar-refractivity contribution < 1.29 is 37.7 Å². The monoisotopic (exact) mass is 734 g/mol. The van der Waals surface area contributed by atoms with Crippen LogP contribution in [0.25, 0.3) is 0 Å². The number of urea groups is 1. The van der Waals surface area contributed by atoms with E-state index in [1.54, 1.807) is 18.1 Å². The third-order valence-electron chi connectivity index (χ3n) is 11.5. The number of allylic oxidation sites excluding steroid dienone is 2. The van der Waals surface area contributed by atoms with Crippen molar-refractivity contribution in [1.29, 1.82) is 0 Å². The first kappa shape index (κ1) is 40.2. The minimum Gasteiger partial charge on any atom is -0.393 e. The molecule has 6 rings (SSSR count). The van der Waals surface area contributed by atoms with Gasteiger partial charge in [-0.3, -0.25) is 4.79 Å². The number of nitrogens with zero attached hydrogens (tertiary/aromatic N) is 1. The molecular formula is C43H53F3N2O5. The van der Waals surface area contributed by atoms with Gasteiger partial charge in [0.25, 0.3) is 0 Å². The van der Waals surface area contributed by atoms with Gasteiger partial charge in [-0.2, -0.15) is 13.2 Å². The zero-order chi connectivity index (χ0) is 38.4. The van der Waals surface area contributed by atoms with Crippen LogP contribution in [0.1, 0.15) is 116 Å². The second-order valence-electron chi connectivity index (χ2n) is 15.2. The van der Waals surface area contributed by atoms with Crippen LogP contribution in [0.15, 0.2) is 84.4 Å². The summed E-state index contributed by atoms with van der Waals surface area (Å²) in [6.07, 6.45) is 0.876. The fourth-order valence-corrected chi connectivity index (χ4v) is 8.26. The number of carbonyl (C=O) groups is 2. The lowest BCUT2D eigenvalue weighted by molar-refractivity contribution is -0.137. The highest BCUT2D eigenvalue weighted by Gasteiger charge is 2.57. The van der Waals surface area contributed by atoms with Gasteiger partial charge < -0.3 is 25.2 Å². The van der Waals surface area contributed by atoms with Crippen molar-refractivity contribution in [2.24, 2.45) is 5.41 Å². The molecule has 3 N–H and O–H groups in total. The Labute approximate surface area is 311 Å². The third kappa shape index (κ3) is 9.39. The molecule has 53 heavy (non-hydrogen) atoms. The largest absolute Gasteiger partial charge is 0.416 e. The summed E-state index contributed by atoms with van der Waals surface area (Å²) in [4.78, 5) is 29.9. The van der Waals surface area contributed by atoms with Crippen LogP contribution in [0.5, 0.6) is 0 Å². The number of hydrogen-bond donors (Lipinski definition) is 3. The number of fused-ring (bicyclic) bond motifs is 8. The zero-order valence-corrected chi connectivity index (χ0v) is 31.2. The summed E-state index contributed by atoms with van der Waals surface area (Å²) in [6, 6.07) is 19.0. The van der Waals surface area contributed by atoms with E-state index in [0.29, 0.717) is 69.2 Å². The Kier molecular flexibility index (Phi) is 12.9. The predicted molar refractivity (Wildman–Crippen MR) is 200 cm³/mol. The fourth-order valence-electron chi connectivity index (χ4n) is 8.26. The molecule has 0 aromatic heterocycles. The third-order valence-corrected chi connectivity index (χ3v) is 11.5. The molecule has 2 bridgehead atoms. The van der Waals surface area contributed by atoms with Crippen molar-refractivity contribution in [3.05, 3.63) is 118 Å². The van der Waals surface area contributed by atoms with Crippen LogP contribution in [-0.2, 0) is 17.3 Å². The molecule has 3 aliphatic carbocycles. The first-order valence-electron chi connectivity index (χ1n) is 18.7. The van der Waals surface area contributed by atoms with Gasteiger partial charge in [-0.15, -0.1) is 0 Å². The predicted octanol–water partition coefficient (Wildman–Crippen LogP) is 8.78. The van der Waals surface area contributed by atoms with Crippen molar-refractivity contribution in [2.75, 3.05) is 26.8 Å². The second-order valence-corrected chi connectivity index (χ2v) is 15.2. The number of methoxy groups -OCH3 is 1. The Morgan fingerprint density at radius 2 is 1.79 bits per heavy atom. The summed E-state index contributed by atoms with van der Waals surface area (Å²) in [5.41, 5.74) is 0.499. The number of hydrogen-bond acceptors (Lipinski definition) is 5. The van der Waals surface area contributed by atoms with E-state index >= 15 is 0 Å². The van der Waals surface area contributed by atoms with E-state index in [1.807, 2.05) is 63.2 Å². The summed E-state index contributed by atoms with van der Waals surface area (Å²) in [6.45, 7) is 6.80. The maximum absolute atomic E-state index is 14.3. The summed E-state index contributed by atoms with van der Waals surface area (Å²) in [5.74, 6) is -0.904. The van der Waals surface area contributed by atoms with Crippen molar-refractivity contribution in [3.8, 4) is 0 Å². The van der Waals surface area contributed by atoms with Crippen LogP contribution in [0.2, 0.25) is 0 Å². The van der Waals surface area contributed by atoms with Gasteiger partial charge in [-0.05, 0) is 106 Å². The number of halogens is 3. The number of carbonyl (C=O) groups excluding carboxylic acids is 2. The zero-order valence-electron chi connectivity index (χ0n) is 31.2. The van der Waals surface area contributed by atoms with Crippen LogP contribution in [0, 0.1) is 5.41 Å². The maximum atomic E-state index is 14.3. The lowest BCUT2D eigenvalue weighted by Crippen LogP contribution is -2.55. The van der Waals surface area contributed by atoms with Gasteiger partial charge >= 0.3 is 12.2 Å². The first-order chi connectivity index (χ1) is 25.1. The number of aliphatic hydroxyl groups is 2. The number of nitrogens with one attached hydrogen (secondary N) is 1. The summed E-state index contributed by atoms with van der Waals surface area (Å²) < 4.78 is 46.6. The number of rotatable bonds is 10. The van der Waals surface area contributed by atoms with E-state index in [2.05, 4.69) is 11.4 Å². The van der Waals surface area contributed by atoms with Gasteiger partial charge in [-0.25, -0.2) is 4.79 Å². The van der Waals surface area contributed by atoms with E-state index in [9.17, 15) is 33.0 Å². The molecule has 3 aromatic rings. The molecule has 2 amide bonds. The average Bonchev–Trinajstić information content (AvgIpc) is 3.38. The van der Waals surface area contributed by atoms with E-state index < -0.39 is 34.6 Å². The lowest BCUT2D eigenvalue weighted by Gasteiger charge is -2.46. The number of amides is 2. The topological polar surface area (TPSA) is 99.1 Å². The van der Waals surface area contributed by atoms with Crippen molar-refractivity contribution >= 4 is 11.8 Å². The van der Waals surface area contributed by atoms with Gasteiger partial charge in [0.15, 0.2) is 5.78 Å². The lowest BCUT2D eigenvalue weighted by atomic mass is 9.64. The molecule has 5 unspecified atom stereocenters. The molecule has 0 radical (unpaired) electrons. The Morgan fingerprint density at radius 3 is 2.51 bits per heavy atom. The molecule has 3 aromatic carbocycles. The van der Waals surface area contributed by atoms with Gasteiger partial charge in [0.1, 0.15) is 0 Å². The first-order valence-corrected chi connectivity index (χ1v) is 18.7. The van der Waals surface area contributed by atoms with E-state index in [1.165, 1.54) is 12.1 Å². The van der Waals surface area contributed by atoms with Gasteiger partial charge in [-0.1, -0.05) is 73.2 Å². The Bertz CT molecular complexity index is 1760. The average molecular weight is 735 g/mol. The molecule has 1 saturated carbocycles. The normalized spacial score (nSPS) is 24.1. The molecule has 5 atom stereocenters. The second kappa shape index (κ2) is 17.0. The van der Waals surface area contributed by atoms with E-state index in [0.717, 1.165) is 23.3 Å². The highest BCUT2D eigenvalue weighted by molar-refractivity contribution is 6.10. The molecule has 0 heterocycles. The SMILES string of the molecule is COCCCN(CC1(O)CCC2c3ccc(cc3C(=O)c3cccc(C(F)(F)F)c3)CC(O)CCC(C)=CCCC21C)C(=O)NC(C)c1ccccc1. The van der Waals surface area contributed by atoms with Crippen LogP contribution >= 0.6 is 0 Å². The standard InChI is InChI=1S/C43H53F3N2O5/c1-29-11-9-21-41(3)38(20-22-42(41,52)28-48(23-10-24-53-4)40(51)47-30(2)32-12-6-5-7-13-32)36-19-17-31(25-35(49)18-16-29)26-37(36)39(50)33-14-8-15-34(27-33)43(44,45)46/h5-8,11-15,17,19,26-27,30,35,38,49,52H,9-10,16,18,20-25,28H2,1-4H3,(H,47,51). The molecule has 0 spiro atoms. The molecule has 0 aliphatic heterocycles. The Balaban J connectivity index is 1.56. The smallest absolute Gasteiger partial charge is 0.393 e. The van der Waals surface area contributed by atoms with Gasteiger partial charge in [0, 0.05) is 36.8 Å². The quantitative estimate of drug-likeness (QED) is 0.110. The highest BCUT2D eigenvalue weighted by atomic mass is 19.4.